The molecule has 3 rings (SSSR count). The first-order chi connectivity index (χ1) is 8.79. The van der Waals surface area contributed by atoms with Gasteiger partial charge in [0.15, 0.2) is 11.5 Å². The number of fused-ring (bicyclic) bond motifs is 1. The average molecular weight is 243 g/mol. The zero-order valence-electron chi connectivity index (χ0n) is 9.48. The van der Waals surface area contributed by atoms with Crippen molar-refractivity contribution >= 4 is 11.6 Å². The monoisotopic (exact) mass is 243 g/mol. The van der Waals surface area contributed by atoms with Gasteiger partial charge in [-0.1, -0.05) is 0 Å². The second-order valence-corrected chi connectivity index (χ2v) is 3.48. The number of hydrogen-bond donors (Lipinski definition) is 1. The molecule has 0 aliphatic rings. The number of nitrogens with zero attached hydrogens (tertiary/aromatic N) is 6. The highest BCUT2D eigenvalue weighted by Crippen LogP contribution is 2.19. The van der Waals surface area contributed by atoms with Gasteiger partial charge in [0.2, 0.25) is 5.95 Å². The van der Waals surface area contributed by atoms with Crippen molar-refractivity contribution in [2.75, 3.05) is 12.8 Å². The lowest BCUT2D eigenvalue weighted by atomic mass is 10.3. The summed E-state index contributed by atoms with van der Waals surface area (Å²) in [4.78, 5) is 12.0. The molecule has 18 heavy (non-hydrogen) atoms. The highest BCUT2D eigenvalue weighted by Gasteiger charge is 2.11. The van der Waals surface area contributed by atoms with Crippen molar-refractivity contribution in [2.24, 2.45) is 0 Å². The molecule has 0 aromatic carbocycles. The van der Waals surface area contributed by atoms with Crippen LogP contribution >= 0.6 is 0 Å². The number of rotatable bonds is 2. The molecule has 8 nitrogen and oxygen atoms in total. The predicted molar refractivity (Wildman–Crippen MR) is 62.8 cm³/mol. The molecule has 0 amide bonds. The lowest BCUT2D eigenvalue weighted by molar-refractivity contribution is 0.380. The normalized spacial score (nSPS) is 10.7. The Hall–Kier alpha value is -2.77. The number of methoxy groups -OCH3 is 1. The predicted octanol–water partition coefficient (Wildman–Crippen LogP) is 0.172. The fourth-order valence-electron chi connectivity index (χ4n) is 1.59. The molecule has 0 unspecified atom stereocenters. The van der Waals surface area contributed by atoms with Crippen molar-refractivity contribution in [3.8, 4) is 17.4 Å². The van der Waals surface area contributed by atoms with E-state index in [0.717, 1.165) is 0 Å². The van der Waals surface area contributed by atoms with Crippen molar-refractivity contribution < 1.29 is 4.74 Å². The number of anilines is 1. The van der Waals surface area contributed by atoms with E-state index in [-0.39, 0.29) is 0 Å². The Morgan fingerprint density at radius 1 is 1.17 bits per heavy atom. The van der Waals surface area contributed by atoms with Crippen molar-refractivity contribution in [3.05, 3.63) is 24.7 Å². The van der Waals surface area contributed by atoms with Crippen molar-refractivity contribution in [3.63, 3.8) is 0 Å². The number of hydrogen-bond acceptors (Lipinski definition) is 7. The van der Waals surface area contributed by atoms with Gasteiger partial charge in [-0.05, 0) is 0 Å². The topological polar surface area (TPSA) is 104 Å². The molecule has 2 N–H and O–H groups in total. The quantitative estimate of drug-likeness (QED) is 0.684. The van der Waals surface area contributed by atoms with Gasteiger partial charge < -0.3 is 10.5 Å². The van der Waals surface area contributed by atoms with Gasteiger partial charge in [-0.25, -0.2) is 19.4 Å². The number of nitrogens with two attached hydrogens (primary N) is 1. The van der Waals surface area contributed by atoms with E-state index < -0.39 is 0 Å². The lowest BCUT2D eigenvalue weighted by Gasteiger charge is -2.02. The summed E-state index contributed by atoms with van der Waals surface area (Å²) < 4.78 is 6.53. The van der Waals surface area contributed by atoms with Crippen LogP contribution in [-0.4, -0.2) is 36.7 Å². The maximum absolute atomic E-state index is 5.80. The molecule has 0 fully saturated rings. The third-order valence-corrected chi connectivity index (χ3v) is 2.42. The van der Waals surface area contributed by atoms with Gasteiger partial charge in [0, 0.05) is 24.7 Å². The van der Waals surface area contributed by atoms with Gasteiger partial charge >= 0.3 is 6.01 Å². The summed E-state index contributed by atoms with van der Waals surface area (Å²) in [5.74, 6) is 0.849. The molecule has 0 bridgehead atoms. The largest absolute Gasteiger partial charge is 0.467 e. The van der Waals surface area contributed by atoms with E-state index in [4.69, 9.17) is 10.5 Å². The Bertz CT molecular complexity index is 691. The van der Waals surface area contributed by atoms with E-state index in [9.17, 15) is 0 Å². The fourth-order valence-corrected chi connectivity index (χ4v) is 1.59. The molecule has 3 aromatic heterocycles. The molecule has 8 heteroatoms. The number of aromatic nitrogens is 6. The Labute approximate surface area is 101 Å². The minimum atomic E-state index is 0.290. The van der Waals surface area contributed by atoms with E-state index >= 15 is 0 Å². The minimum Gasteiger partial charge on any atom is -0.467 e. The summed E-state index contributed by atoms with van der Waals surface area (Å²) in [6.07, 6.45) is 4.76. The molecular weight excluding hydrogens is 234 g/mol. The van der Waals surface area contributed by atoms with E-state index in [1.54, 1.807) is 29.1 Å². The summed E-state index contributed by atoms with van der Waals surface area (Å²) in [6, 6.07) is 2.01. The second-order valence-electron chi connectivity index (χ2n) is 3.48. The molecule has 0 radical (unpaired) electrons. The molecule has 90 valence electrons. The first-order valence-corrected chi connectivity index (χ1v) is 5.11. The Morgan fingerprint density at radius 3 is 2.67 bits per heavy atom. The third kappa shape index (κ3) is 1.51. The van der Waals surface area contributed by atoms with Crippen LogP contribution in [0.5, 0.6) is 6.01 Å². The van der Waals surface area contributed by atoms with Crippen LogP contribution < -0.4 is 10.5 Å². The van der Waals surface area contributed by atoms with Gasteiger partial charge in [-0.2, -0.15) is 0 Å². The van der Waals surface area contributed by atoms with Gasteiger partial charge in [0.1, 0.15) is 0 Å². The van der Waals surface area contributed by atoms with E-state index in [2.05, 4.69) is 25.1 Å². The number of ether oxygens (including phenoxy) is 1. The smallest absolute Gasteiger partial charge is 0.316 e. The van der Waals surface area contributed by atoms with E-state index in [1.165, 1.54) is 7.11 Å². The summed E-state index contributed by atoms with van der Waals surface area (Å²) in [7, 11) is 1.50. The van der Waals surface area contributed by atoms with Crippen LogP contribution in [0.2, 0.25) is 0 Å². The highest BCUT2D eigenvalue weighted by atomic mass is 16.5. The van der Waals surface area contributed by atoms with E-state index in [1.807, 2.05) is 0 Å². The Balaban J connectivity index is 2.18. The second kappa shape index (κ2) is 3.91. The molecule has 0 saturated carbocycles. The van der Waals surface area contributed by atoms with Gasteiger partial charge in [-0.3, -0.25) is 0 Å². The molecule has 0 spiro atoms. The standard InChI is InChI=1S/C10H9N7O/c1-18-10-13-4-6(5-14-10)8-16-15-7-2-3-12-9(11)17(7)8/h2-5H,1H3,(H2,11,12). The van der Waals surface area contributed by atoms with Crippen LogP contribution in [0.1, 0.15) is 0 Å². The van der Waals surface area contributed by atoms with Crippen LogP contribution in [0.15, 0.2) is 24.7 Å². The van der Waals surface area contributed by atoms with Crippen LogP contribution in [0.25, 0.3) is 17.0 Å². The van der Waals surface area contributed by atoms with Crippen LogP contribution in [0.3, 0.4) is 0 Å². The fraction of sp³-hybridized carbons (Fsp3) is 0.100. The molecule has 0 aliphatic heterocycles. The van der Waals surface area contributed by atoms with Gasteiger partial charge in [0.05, 0.1) is 12.7 Å². The number of nitrogen functional groups attached to an aromatic ring is 1. The van der Waals surface area contributed by atoms with Crippen LogP contribution in [-0.2, 0) is 0 Å². The zero-order chi connectivity index (χ0) is 12.5. The summed E-state index contributed by atoms with van der Waals surface area (Å²) in [5, 5.41) is 8.06. The molecule has 3 aromatic rings. The zero-order valence-corrected chi connectivity index (χ0v) is 9.48. The van der Waals surface area contributed by atoms with Crippen molar-refractivity contribution in [2.45, 2.75) is 0 Å². The summed E-state index contributed by atoms with van der Waals surface area (Å²) in [5.41, 5.74) is 7.10. The van der Waals surface area contributed by atoms with Gasteiger partial charge in [0.25, 0.3) is 0 Å². The Morgan fingerprint density at radius 2 is 1.94 bits per heavy atom. The summed E-state index contributed by atoms with van der Waals surface area (Å²) >= 11 is 0. The molecule has 0 aliphatic carbocycles. The Kier molecular flexibility index (Phi) is 2.26. The third-order valence-electron chi connectivity index (χ3n) is 2.42. The van der Waals surface area contributed by atoms with E-state index in [0.29, 0.717) is 29.0 Å². The molecule has 0 saturated heterocycles. The van der Waals surface area contributed by atoms with Crippen molar-refractivity contribution in [1.29, 1.82) is 0 Å². The maximum Gasteiger partial charge on any atom is 0.316 e. The highest BCUT2D eigenvalue weighted by molar-refractivity contribution is 5.59. The first kappa shape index (κ1) is 10.4. The van der Waals surface area contributed by atoms with Gasteiger partial charge in [-0.15, -0.1) is 10.2 Å². The molecular formula is C10H9N7O. The van der Waals surface area contributed by atoms with Crippen LogP contribution in [0.4, 0.5) is 5.95 Å². The molecule has 3 heterocycles. The maximum atomic E-state index is 5.80. The summed E-state index contributed by atoms with van der Waals surface area (Å²) in [6.45, 7) is 0. The molecule has 0 atom stereocenters. The first-order valence-electron chi connectivity index (χ1n) is 5.11. The SMILES string of the molecule is COc1ncc(-c2nnc3ccnc(N)n23)cn1. The van der Waals surface area contributed by atoms with Crippen molar-refractivity contribution in [1.82, 2.24) is 29.5 Å². The lowest BCUT2D eigenvalue weighted by Crippen LogP contribution is -2.01. The average Bonchev–Trinajstić information content (AvgIpc) is 2.84. The minimum absolute atomic E-state index is 0.290. The van der Waals surface area contributed by atoms with Crippen LogP contribution in [0, 0.1) is 0 Å².